The van der Waals surface area contributed by atoms with Crippen LogP contribution in [0.15, 0.2) is 24.3 Å². The molecule has 1 heterocycles. The van der Waals surface area contributed by atoms with Crippen LogP contribution in [0.4, 0.5) is 0 Å². The van der Waals surface area contributed by atoms with Gasteiger partial charge >= 0.3 is 29.6 Å². The van der Waals surface area contributed by atoms with Gasteiger partial charge in [0.05, 0.1) is 22.5 Å². The van der Waals surface area contributed by atoms with Gasteiger partial charge in [0, 0.05) is 12.5 Å². The molecule has 0 bridgehead atoms. The average molecular weight is 264 g/mol. The molecule has 0 spiro atoms. The third kappa shape index (κ3) is 4.69. The number of rotatable bonds is 3. The van der Waals surface area contributed by atoms with Gasteiger partial charge in [-0.1, -0.05) is 24.3 Å². The molecule has 1 unspecified atom stereocenters. The summed E-state index contributed by atoms with van der Waals surface area (Å²) in [6.07, 6.45) is 0.952. The molecule has 1 aromatic rings. The van der Waals surface area contributed by atoms with Crippen LogP contribution in [0.3, 0.4) is 0 Å². The second-order valence-corrected chi connectivity index (χ2v) is 5.41. The third-order valence-corrected chi connectivity index (χ3v) is 3.38. The largest absolute Gasteiger partial charge is 1.00 e. The minimum absolute atomic E-state index is 0. The minimum atomic E-state index is -4.20. The molecule has 1 saturated heterocycles. The van der Waals surface area contributed by atoms with Gasteiger partial charge in [-0.05, 0) is 17.5 Å². The van der Waals surface area contributed by atoms with Crippen molar-refractivity contribution in [3.63, 3.8) is 0 Å². The molecule has 0 aliphatic carbocycles. The van der Waals surface area contributed by atoms with E-state index < -0.39 is 15.9 Å². The van der Waals surface area contributed by atoms with Crippen molar-refractivity contribution in [3.05, 3.63) is 35.4 Å². The van der Waals surface area contributed by atoms with Crippen LogP contribution in [0.1, 0.15) is 23.5 Å². The van der Waals surface area contributed by atoms with Crippen molar-refractivity contribution in [3.8, 4) is 0 Å². The molecule has 0 aromatic heterocycles. The molecule has 17 heavy (non-hydrogen) atoms. The Morgan fingerprint density at radius 1 is 1.41 bits per heavy atom. The van der Waals surface area contributed by atoms with Crippen LogP contribution < -0.4 is 29.6 Å². The first-order chi connectivity index (χ1) is 7.54. The van der Waals surface area contributed by atoms with Gasteiger partial charge in [-0.15, -0.1) is 0 Å². The van der Waals surface area contributed by atoms with Gasteiger partial charge in [-0.25, -0.2) is 8.42 Å². The third-order valence-electron chi connectivity index (χ3n) is 2.70. The molecule has 0 saturated carbocycles. The Bertz CT molecular complexity index is 466. The zero-order valence-electron chi connectivity index (χ0n) is 9.76. The predicted molar refractivity (Wildman–Crippen MR) is 58.0 cm³/mol. The van der Waals surface area contributed by atoms with Crippen LogP contribution in [0.2, 0.25) is 0 Å². The van der Waals surface area contributed by atoms with Gasteiger partial charge in [0.25, 0.3) is 0 Å². The molecule has 6 heteroatoms. The van der Waals surface area contributed by atoms with Crippen LogP contribution in [0, 0.1) is 0 Å². The van der Waals surface area contributed by atoms with Crippen LogP contribution >= 0.6 is 0 Å². The molecule has 2 rings (SSSR count). The van der Waals surface area contributed by atoms with Gasteiger partial charge in [-0.3, -0.25) is 0 Å². The molecule has 88 valence electrons. The molecule has 1 aliphatic rings. The molecule has 1 atom stereocenters. The Balaban J connectivity index is 0.00000144. The van der Waals surface area contributed by atoms with E-state index >= 15 is 0 Å². The predicted octanol–water partition coefficient (Wildman–Crippen LogP) is -1.76. The molecule has 1 aromatic carbocycles. The van der Waals surface area contributed by atoms with Crippen molar-refractivity contribution in [1.29, 1.82) is 0 Å². The summed E-state index contributed by atoms with van der Waals surface area (Å²) in [5.74, 6) is -0.108. The van der Waals surface area contributed by atoms with E-state index in [9.17, 15) is 13.0 Å². The molecule has 1 aliphatic heterocycles. The van der Waals surface area contributed by atoms with E-state index in [1.807, 2.05) is 6.07 Å². The fraction of sp³-hybridized carbons (Fsp3) is 0.455. The monoisotopic (exact) mass is 264 g/mol. The first-order valence-electron chi connectivity index (χ1n) is 5.15. The first kappa shape index (κ1) is 15.1. The van der Waals surface area contributed by atoms with Crippen LogP contribution in [-0.2, 0) is 20.6 Å². The Hall–Kier alpha value is 0.0900. The Labute approximate surface area is 123 Å². The second-order valence-electron chi connectivity index (χ2n) is 4.01. The fourth-order valence-corrected chi connectivity index (χ4v) is 2.53. The molecule has 0 radical (unpaired) electrons. The van der Waals surface area contributed by atoms with Crippen molar-refractivity contribution >= 4 is 10.1 Å². The number of hydrogen-bond acceptors (Lipinski definition) is 4. The van der Waals surface area contributed by atoms with Crippen molar-refractivity contribution in [2.24, 2.45) is 0 Å². The van der Waals surface area contributed by atoms with E-state index in [1.165, 1.54) is 0 Å². The molecule has 0 amide bonds. The zero-order valence-corrected chi connectivity index (χ0v) is 12.6. The maximum atomic E-state index is 10.7. The van der Waals surface area contributed by atoms with E-state index in [4.69, 9.17) is 4.74 Å². The molecular weight excluding hydrogens is 251 g/mol. The summed E-state index contributed by atoms with van der Waals surface area (Å²) in [5, 5.41) is 0. The maximum Gasteiger partial charge on any atom is 1.00 e. The normalized spacial score (nSPS) is 19.9. The van der Waals surface area contributed by atoms with Crippen molar-refractivity contribution in [2.75, 3.05) is 13.2 Å². The van der Waals surface area contributed by atoms with Crippen LogP contribution in [0.5, 0.6) is 0 Å². The van der Waals surface area contributed by atoms with Crippen molar-refractivity contribution < 1.29 is 47.3 Å². The first-order valence-corrected chi connectivity index (χ1v) is 6.72. The number of hydrogen-bond donors (Lipinski definition) is 0. The SMILES string of the molecule is O=S(=O)([O-])Cc1cccc(C2CCOC2)c1.[Na+]. The van der Waals surface area contributed by atoms with E-state index in [-0.39, 0.29) is 29.6 Å². The van der Waals surface area contributed by atoms with Crippen LogP contribution in [0.25, 0.3) is 0 Å². The average Bonchev–Trinajstić information content (AvgIpc) is 2.68. The van der Waals surface area contributed by atoms with Gasteiger partial charge in [0.2, 0.25) is 0 Å². The standard InChI is InChI=1S/C11H14O4S.Na/c12-16(13,14)8-9-2-1-3-10(6-9)11-4-5-15-7-11;/h1-3,6,11H,4-5,7-8H2,(H,12,13,14);/q;+1/p-1. The fourth-order valence-electron chi connectivity index (χ4n) is 1.94. The summed E-state index contributed by atoms with van der Waals surface area (Å²) in [7, 11) is -4.20. The smallest absolute Gasteiger partial charge is 0.748 e. The summed E-state index contributed by atoms with van der Waals surface area (Å²) in [6, 6.07) is 7.18. The van der Waals surface area contributed by atoms with Gasteiger partial charge in [0.1, 0.15) is 0 Å². The number of benzene rings is 1. The summed E-state index contributed by atoms with van der Waals surface area (Å²) in [5.41, 5.74) is 1.61. The summed E-state index contributed by atoms with van der Waals surface area (Å²) < 4.78 is 37.2. The van der Waals surface area contributed by atoms with Crippen LogP contribution in [-0.4, -0.2) is 26.2 Å². The molecule has 4 nitrogen and oxygen atoms in total. The molecule has 1 fully saturated rings. The molecular formula is C11H13NaO4S. The Morgan fingerprint density at radius 3 is 2.76 bits per heavy atom. The van der Waals surface area contributed by atoms with E-state index in [0.717, 1.165) is 18.6 Å². The van der Waals surface area contributed by atoms with Gasteiger partial charge < -0.3 is 9.29 Å². The molecule has 0 N–H and O–H groups in total. The minimum Gasteiger partial charge on any atom is -0.748 e. The Kier molecular flexibility index (Phi) is 5.63. The summed E-state index contributed by atoms with van der Waals surface area (Å²) >= 11 is 0. The maximum absolute atomic E-state index is 10.7. The van der Waals surface area contributed by atoms with E-state index in [0.29, 0.717) is 18.1 Å². The Morgan fingerprint density at radius 2 is 2.18 bits per heavy atom. The van der Waals surface area contributed by atoms with Gasteiger partial charge in [0.15, 0.2) is 0 Å². The zero-order chi connectivity index (χ0) is 11.6. The quantitative estimate of drug-likeness (QED) is 0.479. The van der Waals surface area contributed by atoms with Gasteiger partial charge in [-0.2, -0.15) is 0 Å². The van der Waals surface area contributed by atoms with E-state index in [1.54, 1.807) is 18.2 Å². The number of ether oxygens (including phenoxy) is 1. The van der Waals surface area contributed by atoms with Crippen molar-refractivity contribution in [2.45, 2.75) is 18.1 Å². The second kappa shape index (κ2) is 6.31. The van der Waals surface area contributed by atoms with Crippen molar-refractivity contribution in [1.82, 2.24) is 0 Å². The van der Waals surface area contributed by atoms with E-state index in [2.05, 4.69) is 0 Å². The summed E-state index contributed by atoms with van der Waals surface area (Å²) in [4.78, 5) is 0. The summed E-state index contributed by atoms with van der Waals surface area (Å²) in [6.45, 7) is 1.42. The topological polar surface area (TPSA) is 66.4 Å².